The number of ether oxygens (including phenoxy) is 1. The molecule has 0 amide bonds. The molecule has 0 heterocycles. The Morgan fingerprint density at radius 2 is 2.05 bits per heavy atom. The molecule has 0 aromatic heterocycles. The van der Waals surface area contributed by atoms with E-state index >= 15 is 0 Å². The van der Waals surface area contributed by atoms with Crippen molar-refractivity contribution in [3.63, 3.8) is 0 Å². The molecule has 0 saturated carbocycles. The second-order valence-electron chi connectivity index (χ2n) is 5.42. The molecule has 0 fully saturated rings. The summed E-state index contributed by atoms with van der Waals surface area (Å²) < 4.78 is 5.20. The highest BCUT2D eigenvalue weighted by molar-refractivity contribution is 5.91. The van der Waals surface area contributed by atoms with E-state index in [4.69, 9.17) is 4.74 Å². The summed E-state index contributed by atoms with van der Waals surface area (Å²) in [5, 5.41) is 14.0. The van der Waals surface area contributed by atoms with Crippen molar-refractivity contribution in [1.29, 1.82) is 0 Å². The maximum absolute atomic E-state index is 11.9. The number of nitro benzene ring substituents is 1. The van der Waals surface area contributed by atoms with Gasteiger partial charge in [-0.05, 0) is 39.3 Å². The lowest BCUT2D eigenvalue weighted by atomic mass is 10.1. The van der Waals surface area contributed by atoms with Crippen molar-refractivity contribution < 1.29 is 14.5 Å². The first-order chi connectivity index (χ1) is 9.24. The minimum absolute atomic E-state index is 0.123. The quantitative estimate of drug-likeness (QED) is 0.508. The second-order valence-corrected chi connectivity index (χ2v) is 5.42. The molecule has 0 unspecified atom stereocenters. The topological polar surface area (TPSA) is 81.5 Å². The number of rotatable bonds is 5. The van der Waals surface area contributed by atoms with Crippen molar-refractivity contribution in [2.45, 2.75) is 39.7 Å². The van der Waals surface area contributed by atoms with Gasteiger partial charge in [0.1, 0.15) is 11.3 Å². The molecule has 1 aromatic carbocycles. The minimum Gasteiger partial charge on any atom is -0.456 e. The van der Waals surface area contributed by atoms with Crippen LogP contribution in [0.2, 0.25) is 0 Å². The van der Waals surface area contributed by atoms with Crippen molar-refractivity contribution in [1.82, 2.24) is 0 Å². The van der Waals surface area contributed by atoms with E-state index in [1.807, 2.05) is 6.92 Å². The van der Waals surface area contributed by atoms with Crippen LogP contribution in [0, 0.1) is 10.1 Å². The molecule has 0 atom stereocenters. The Morgan fingerprint density at radius 1 is 1.40 bits per heavy atom. The van der Waals surface area contributed by atoms with Gasteiger partial charge in [0.05, 0.1) is 10.5 Å². The molecule has 1 N–H and O–H groups in total. The van der Waals surface area contributed by atoms with E-state index in [1.54, 1.807) is 20.8 Å². The summed E-state index contributed by atoms with van der Waals surface area (Å²) in [5.41, 5.74) is -0.176. The molecule has 6 nitrogen and oxygen atoms in total. The molecule has 0 saturated heterocycles. The summed E-state index contributed by atoms with van der Waals surface area (Å²) in [4.78, 5) is 22.4. The average Bonchev–Trinajstić information content (AvgIpc) is 2.33. The standard InChI is InChI=1S/C14H20N2O4/c1-5-8-15-11-7-6-10(9-12(11)16(18)19)13(17)20-14(2,3)4/h6-7,9,15H,5,8H2,1-4H3. The number of carbonyl (C=O) groups excluding carboxylic acids is 1. The maximum Gasteiger partial charge on any atom is 0.338 e. The van der Waals surface area contributed by atoms with Crippen LogP contribution >= 0.6 is 0 Å². The van der Waals surface area contributed by atoms with Crippen LogP contribution in [0.15, 0.2) is 18.2 Å². The first-order valence-corrected chi connectivity index (χ1v) is 6.50. The van der Waals surface area contributed by atoms with E-state index in [-0.39, 0.29) is 11.3 Å². The third-order valence-corrected chi connectivity index (χ3v) is 2.39. The van der Waals surface area contributed by atoms with Crippen molar-refractivity contribution in [3.05, 3.63) is 33.9 Å². The lowest BCUT2D eigenvalue weighted by Gasteiger charge is -2.19. The summed E-state index contributed by atoms with van der Waals surface area (Å²) in [5.74, 6) is -0.567. The summed E-state index contributed by atoms with van der Waals surface area (Å²) >= 11 is 0. The van der Waals surface area contributed by atoms with Crippen LogP contribution in [0.4, 0.5) is 11.4 Å². The predicted octanol–water partition coefficient (Wildman–Crippen LogP) is 3.37. The van der Waals surface area contributed by atoms with Gasteiger partial charge >= 0.3 is 5.97 Å². The van der Waals surface area contributed by atoms with Crippen molar-refractivity contribution in [3.8, 4) is 0 Å². The lowest BCUT2D eigenvalue weighted by molar-refractivity contribution is -0.384. The summed E-state index contributed by atoms with van der Waals surface area (Å²) in [6.07, 6.45) is 0.852. The maximum atomic E-state index is 11.9. The van der Waals surface area contributed by atoms with Crippen LogP contribution in [0.25, 0.3) is 0 Å². The molecule has 0 aliphatic rings. The van der Waals surface area contributed by atoms with Gasteiger partial charge < -0.3 is 10.1 Å². The highest BCUT2D eigenvalue weighted by Crippen LogP contribution is 2.26. The van der Waals surface area contributed by atoms with Gasteiger partial charge in [-0.1, -0.05) is 6.92 Å². The molecule has 0 bridgehead atoms. The first kappa shape index (κ1) is 15.9. The smallest absolute Gasteiger partial charge is 0.338 e. The Kier molecular flexibility index (Phi) is 5.07. The van der Waals surface area contributed by atoms with Gasteiger partial charge in [0.15, 0.2) is 0 Å². The fourth-order valence-corrected chi connectivity index (χ4v) is 1.56. The highest BCUT2D eigenvalue weighted by Gasteiger charge is 2.21. The van der Waals surface area contributed by atoms with E-state index in [1.165, 1.54) is 18.2 Å². The van der Waals surface area contributed by atoms with Gasteiger partial charge in [-0.25, -0.2) is 4.79 Å². The Labute approximate surface area is 118 Å². The SMILES string of the molecule is CCCNc1ccc(C(=O)OC(C)(C)C)cc1[N+](=O)[O-]. The summed E-state index contributed by atoms with van der Waals surface area (Å²) in [6.45, 7) is 7.84. The second kappa shape index (κ2) is 6.36. The molecule has 0 aliphatic heterocycles. The van der Waals surface area contributed by atoms with E-state index in [9.17, 15) is 14.9 Å². The number of benzene rings is 1. The molecular formula is C14H20N2O4. The van der Waals surface area contributed by atoms with Crippen LogP contribution < -0.4 is 5.32 Å². The minimum atomic E-state index is -0.634. The molecule has 0 radical (unpaired) electrons. The van der Waals surface area contributed by atoms with Crippen LogP contribution in [-0.4, -0.2) is 23.0 Å². The third kappa shape index (κ3) is 4.53. The predicted molar refractivity (Wildman–Crippen MR) is 77.0 cm³/mol. The van der Waals surface area contributed by atoms with E-state index in [0.29, 0.717) is 12.2 Å². The monoisotopic (exact) mass is 280 g/mol. The Hall–Kier alpha value is -2.11. The number of anilines is 1. The van der Waals surface area contributed by atoms with Crippen LogP contribution in [0.3, 0.4) is 0 Å². The Bertz CT molecular complexity index is 506. The first-order valence-electron chi connectivity index (χ1n) is 6.50. The zero-order valence-corrected chi connectivity index (χ0v) is 12.2. The molecule has 1 aromatic rings. The molecule has 0 spiro atoms. The molecule has 1 rings (SSSR count). The highest BCUT2D eigenvalue weighted by atomic mass is 16.6. The van der Waals surface area contributed by atoms with Gasteiger partial charge in [0.25, 0.3) is 5.69 Å². The number of esters is 1. The zero-order valence-electron chi connectivity index (χ0n) is 12.2. The van der Waals surface area contributed by atoms with E-state index < -0.39 is 16.5 Å². The normalized spacial score (nSPS) is 11.0. The molecule has 110 valence electrons. The fraction of sp³-hybridized carbons (Fsp3) is 0.500. The third-order valence-electron chi connectivity index (χ3n) is 2.39. The van der Waals surface area contributed by atoms with Gasteiger partial charge in [-0.3, -0.25) is 10.1 Å². The number of nitro groups is 1. The fourth-order valence-electron chi connectivity index (χ4n) is 1.56. The number of carbonyl (C=O) groups is 1. The Morgan fingerprint density at radius 3 is 2.55 bits per heavy atom. The number of nitrogens with one attached hydrogen (secondary N) is 1. The molecule has 20 heavy (non-hydrogen) atoms. The summed E-state index contributed by atoms with van der Waals surface area (Å²) in [7, 11) is 0. The van der Waals surface area contributed by atoms with E-state index in [2.05, 4.69) is 5.32 Å². The molecule has 6 heteroatoms. The van der Waals surface area contributed by atoms with Crippen molar-refractivity contribution in [2.24, 2.45) is 0 Å². The van der Waals surface area contributed by atoms with Gasteiger partial charge in [0, 0.05) is 12.6 Å². The van der Waals surface area contributed by atoms with Crippen LogP contribution in [0.5, 0.6) is 0 Å². The van der Waals surface area contributed by atoms with Crippen molar-refractivity contribution >= 4 is 17.3 Å². The molecule has 0 aliphatic carbocycles. The van der Waals surface area contributed by atoms with Gasteiger partial charge in [-0.2, -0.15) is 0 Å². The zero-order chi connectivity index (χ0) is 15.3. The average molecular weight is 280 g/mol. The largest absolute Gasteiger partial charge is 0.456 e. The van der Waals surface area contributed by atoms with E-state index in [0.717, 1.165) is 6.42 Å². The van der Waals surface area contributed by atoms with Crippen LogP contribution in [-0.2, 0) is 4.74 Å². The van der Waals surface area contributed by atoms with Crippen LogP contribution in [0.1, 0.15) is 44.5 Å². The Balaban J connectivity index is 3.04. The molecular weight excluding hydrogens is 260 g/mol. The van der Waals surface area contributed by atoms with Gasteiger partial charge in [-0.15, -0.1) is 0 Å². The number of hydrogen-bond acceptors (Lipinski definition) is 5. The number of hydrogen-bond donors (Lipinski definition) is 1. The summed E-state index contributed by atoms with van der Waals surface area (Å²) in [6, 6.07) is 4.30. The van der Waals surface area contributed by atoms with Gasteiger partial charge in [0.2, 0.25) is 0 Å². The number of nitrogens with zero attached hydrogens (tertiary/aromatic N) is 1. The van der Waals surface area contributed by atoms with Crippen molar-refractivity contribution in [2.75, 3.05) is 11.9 Å². The lowest BCUT2D eigenvalue weighted by Crippen LogP contribution is -2.24.